The molecule has 23 heavy (non-hydrogen) atoms. The Morgan fingerprint density at radius 1 is 1.35 bits per heavy atom. The Balaban J connectivity index is 2.57. The molecule has 1 aromatic rings. The zero-order valence-electron chi connectivity index (χ0n) is 12.1. The molecule has 10 heteroatoms. The first kappa shape index (κ1) is 18.4. The summed E-state index contributed by atoms with van der Waals surface area (Å²) in [6.45, 7) is 1.54. The zero-order valence-corrected chi connectivity index (χ0v) is 12.9. The van der Waals surface area contributed by atoms with E-state index < -0.39 is 35.1 Å². The number of esters is 1. The Labute approximate surface area is 136 Å². The number of rotatable bonds is 6. The number of nitro groups is 1. The lowest BCUT2D eigenvalue weighted by Crippen LogP contribution is -2.41. The lowest BCUT2D eigenvalue weighted by Gasteiger charge is -2.07. The number of carbonyl (C=O) groups excluding carboxylic acids is 3. The van der Waals surface area contributed by atoms with Crippen LogP contribution in [0.25, 0.3) is 0 Å². The topological polar surface area (TPSA) is 128 Å². The zero-order chi connectivity index (χ0) is 17.4. The molecule has 1 rings (SSSR count). The van der Waals surface area contributed by atoms with E-state index in [0.717, 1.165) is 6.07 Å². The van der Waals surface area contributed by atoms with Crippen LogP contribution in [-0.4, -0.2) is 36.0 Å². The fraction of sp³-hybridized carbons (Fsp3) is 0.308. The molecular formula is C13H14ClN3O6. The highest BCUT2D eigenvalue weighted by Crippen LogP contribution is 2.25. The van der Waals surface area contributed by atoms with Crippen LogP contribution >= 0.6 is 11.6 Å². The highest BCUT2D eigenvalue weighted by atomic mass is 35.5. The third kappa shape index (κ3) is 5.91. The largest absolute Gasteiger partial charge is 0.452 e. The molecule has 0 saturated heterocycles. The molecule has 0 aliphatic rings. The lowest BCUT2D eigenvalue weighted by atomic mass is 10.2. The van der Waals surface area contributed by atoms with Gasteiger partial charge in [0.2, 0.25) is 0 Å². The van der Waals surface area contributed by atoms with E-state index in [1.165, 1.54) is 12.1 Å². The van der Waals surface area contributed by atoms with Crippen LogP contribution in [0.3, 0.4) is 0 Å². The Hall–Kier alpha value is -2.68. The average Bonchev–Trinajstić information content (AvgIpc) is 2.50. The number of hydrogen-bond acceptors (Lipinski definition) is 6. The summed E-state index contributed by atoms with van der Waals surface area (Å²) in [5.41, 5.74) is -0.589. The van der Waals surface area contributed by atoms with Crippen LogP contribution in [0.15, 0.2) is 18.2 Å². The van der Waals surface area contributed by atoms with Crippen LogP contribution < -0.4 is 10.6 Å². The van der Waals surface area contributed by atoms with E-state index in [4.69, 9.17) is 11.6 Å². The van der Waals surface area contributed by atoms with E-state index in [9.17, 15) is 24.5 Å². The van der Waals surface area contributed by atoms with E-state index in [0.29, 0.717) is 13.0 Å². The summed E-state index contributed by atoms with van der Waals surface area (Å²) >= 11 is 5.62. The summed E-state index contributed by atoms with van der Waals surface area (Å²) in [5, 5.41) is 15.0. The summed E-state index contributed by atoms with van der Waals surface area (Å²) in [4.78, 5) is 44.3. The van der Waals surface area contributed by atoms with Crippen LogP contribution in [0.4, 0.5) is 10.5 Å². The van der Waals surface area contributed by atoms with Crippen molar-refractivity contribution in [2.24, 2.45) is 0 Å². The van der Waals surface area contributed by atoms with Crippen LogP contribution in [0.2, 0.25) is 5.02 Å². The second kappa shape index (κ2) is 8.69. The summed E-state index contributed by atoms with van der Waals surface area (Å²) in [6, 6.07) is 2.64. The predicted octanol–water partition coefficient (Wildman–Crippen LogP) is 1.64. The molecule has 9 nitrogen and oxygen atoms in total. The second-order valence-corrected chi connectivity index (χ2v) is 4.71. The molecule has 0 fully saturated rings. The van der Waals surface area contributed by atoms with Crippen LogP contribution in [0, 0.1) is 10.1 Å². The monoisotopic (exact) mass is 343 g/mol. The minimum atomic E-state index is -0.950. The number of nitrogens with one attached hydrogen (secondary N) is 2. The first-order valence-electron chi connectivity index (χ1n) is 6.54. The van der Waals surface area contributed by atoms with Crippen LogP contribution in [0.5, 0.6) is 0 Å². The van der Waals surface area contributed by atoms with Crippen molar-refractivity contribution in [2.75, 3.05) is 13.2 Å². The minimum absolute atomic E-state index is 0.128. The van der Waals surface area contributed by atoms with Gasteiger partial charge in [0, 0.05) is 12.6 Å². The molecule has 0 aliphatic heterocycles. The molecule has 0 bridgehead atoms. The third-order valence-electron chi connectivity index (χ3n) is 2.50. The SMILES string of the molecule is CCCNC(=O)NC(=O)COC(=O)c1ccc(Cl)c([N+](=O)[O-])c1. The van der Waals surface area contributed by atoms with Gasteiger partial charge in [0.25, 0.3) is 11.6 Å². The number of hydrogen-bond donors (Lipinski definition) is 2. The van der Waals surface area contributed by atoms with Crippen molar-refractivity contribution in [3.05, 3.63) is 38.9 Å². The van der Waals surface area contributed by atoms with E-state index in [-0.39, 0.29) is 10.6 Å². The van der Waals surface area contributed by atoms with Crippen molar-refractivity contribution in [3.8, 4) is 0 Å². The van der Waals surface area contributed by atoms with Gasteiger partial charge in [-0.1, -0.05) is 18.5 Å². The quantitative estimate of drug-likeness (QED) is 0.459. The maximum Gasteiger partial charge on any atom is 0.338 e. The van der Waals surface area contributed by atoms with Gasteiger partial charge in [-0.3, -0.25) is 20.2 Å². The highest BCUT2D eigenvalue weighted by molar-refractivity contribution is 6.32. The van der Waals surface area contributed by atoms with Gasteiger partial charge in [-0.2, -0.15) is 0 Å². The van der Waals surface area contributed by atoms with E-state index in [2.05, 4.69) is 10.1 Å². The molecular weight excluding hydrogens is 330 g/mol. The molecule has 2 N–H and O–H groups in total. The number of nitro benzene ring substituents is 1. The van der Waals surface area contributed by atoms with Gasteiger partial charge in [-0.05, 0) is 18.6 Å². The maximum atomic E-state index is 11.7. The molecule has 0 spiro atoms. The maximum absolute atomic E-state index is 11.7. The fourth-order valence-electron chi connectivity index (χ4n) is 1.44. The van der Waals surface area contributed by atoms with Gasteiger partial charge >= 0.3 is 12.0 Å². The lowest BCUT2D eigenvalue weighted by molar-refractivity contribution is -0.384. The number of ether oxygens (including phenoxy) is 1. The number of benzene rings is 1. The number of amides is 3. The van der Waals surface area contributed by atoms with Crippen LogP contribution in [-0.2, 0) is 9.53 Å². The van der Waals surface area contributed by atoms with Gasteiger partial charge in [-0.25, -0.2) is 9.59 Å². The third-order valence-corrected chi connectivity index (χ3v) is 2.82. The van der Waals surface area contributed by atoms with Gasteiger partial charge in [0.15, 0.2) is 6.61 Å². The molecule has 0 saturated carbocycles. The van der Waals surface area contributed by atoms with Gasteiger partial charge in [0.05, 0.1) is 10.5 Å². The average molecular weight is 344 g/mol. The Morgan fingerprint density at radius 2 is 2.04 bits per heavy atom. The predicted molar refractivity (Wildman–Crippen MR) is 80.2 cm³/mol. The fourth-order valence-corrected chi connectivity index (χ4v) is 1.63. The molecule has 0 atom stereocenters. The van der Waals surface area contributed by atoms with Gasteiger partial charge in [0.1, 0.15) is 5.02 Å². The van der Waals surface area contributed by atoms with E-state index >= 15 is 0 Å². The Morgan fingerprint density at radius 3 is 2.65 bits per heavy atom. The van der Waals surface area contributed by atoms with Gasteiger partial charge in [-0.15, -0.1) is 0 Å². The number of urea groups is 1. The molecule has 0 radical (unpaired) electrons. The van der Waals surface area contributed by atoms with E-state index in [1.54, 1.807) is 0 Å². The molecule has 0 aromatic heterocycles. The van der Waals surface area contributed by atoms with Crippen LogP contribution in [0.1, 0.15) is 23.7 Å². The van der Waals surface area contributed by atoms with Crippen molar-refractivity contribution < 1.29 is 24.0 Å². The summed E-state index contributed by atoms with van der Waals surface area (Å²) in [6.07, 6.45) is 0.700. The minimum Gasteiger partial charge on any atom is -0.452 e. The summed E-state index contributed by atoms with van der Waals surface area (Å²) in [5.74, 6) is -1.77. The number of nitrogens with zero attached hydrogens (tertiary/aromatic N) is 1. The van der Waals surface area contributed by atoms with Gasteiger partial charge < -0.3 is 10.1 Å². The van der Waals surface area contributed by atoms with E-state index in [1.807, 2.05) is 12.2 Å². The van der Waals surface area contributed by atoms with Crippen molar-refractivity contribution in [1.82, 2.24) is 10.6 Å². The molecule has 124 valence electrons. The molecule has 0 heterocycles. The molecule has 1 aromatic carbocycles. The Kier molecular flexibility index (Phi) is 6.94. The molecule has 0 unspecified atom stereocenters. The first-order chi connectivity index (χ1) is 10.8. The summed E-state index contributed by atoms with van der Waals surface area (Å²) in [7, 11) is 0. The first-order valence-corrected chi connectivity index (χ1v) is 6.91. The van der Waals surface area contributed by atoms with Crippen molar-refractivity contribution in [3.63, 3.8) is 0 Å². The number of halogens is 1. The van der Waals surface area contributed by atoms with Crippen molar-refractivity contribution in [2.45, 2.75) is 13.3 Å². The molecule has 3 amide bonds. The normalized spacial score (nSPS) is 9.83. The van der Waals surface area contributed by atoms with Crippen molar-refractivity contribution >= 4 is 35.2 Å². The summed E-state index contributed by atoms with van der Waals surface area (Å²) < 4.78 is 4.67. The van der Waals surface area contributed by atoms with Crippen molar-refractivity contribution in [1.29, 1.82) is 0 Å². The highest BCUT2D eigenvalue weighted by Gasteiger charge is 2.18. The molecule has 0 aliphatic carbocycles. The Bertz CT molecular complexity index is 634. The number of carbonyl (C=O) groups is 3. The second-order valence-electron chi connectivity index (χ2n) is 4.30. The number of imide groups is 1. The standard InChI is InChI=1S/C13H14ClN3O6/c1-2-5-15-13(20)16-11(18)7-23-12(19)8-3-4-9(14)10(6-8)17(21)22/h3-4,6H,2,5,7H2,1H3,(H2,15,16,18,20). The smallest absolute Gasteiger partial charge is 0.338 e.